The second kappa shape index (κ2) is 7.07. The molecule has 0 aliphatic rings. The van der Waals surface area contributed by atoms with Gasteiger partial charge in [-0.15, -0.1) is 0 Å². The van der Waals surface area contributed by atoms with Crippen LogP contribution in [0.2, 0.25) is 0 Å². The molecule has 0 radical (unpaired) electrons. The van der Waals surface area contributed by atoms with E-state index in [1.807, 2.05) is 0 Å². The summed E-state index contributed by atoms with van der Waals surface area (Å²) in [7, 11) is 1.16. The number of nitrogens with zero attached hydrogens (tertiary/aromatic N) is 2. The van der Waals surface area contributed by atoms with Gasteiger partial charge in [-0.2, -0.15) is 0 Å². The molecule has 1 rings (SSSR count). The number of aromatic nitrogens is 2. The van der Waals surface area contributed by atoms with Crippen LogP contribution < -0.4 is 0 Å². The van der Waals surface area contributed by atoms with Gasteiger partial charge in [0.05, 0.1) is 7.11 Å². The highest BCUT2D eigenvalue weighted by Gasteiger charge is 2.18. The maximum atomic E-state index is 11.5. The topological polar surface area (TPSA) is 108 Å². The minimum atomic E-state index is -1.51. The van der Waals surface area contributed by atoms with Gasteiger partial charge in [-0.05, 0) is 0 Å². The zero-order valence-electron chi connectivity index (χ0n) is 10.1. The smallest absolute Gasteiger partial charge is 0.331 e. The Balaban J connectivity index is 2.40. The maximum Gasteiger partial charge on any atom is 0.331 e. The molecule has 8 heteroatoms. The second-order valence-corrected chi connectivity index (χ2v) is 3.31. The molecule has 0 amide bonds. The number of methoxy groups -OCH3 is 1. The van der Waals surface area contributed by atoms with E-state index in [1.165, 1.54) is 18.7 Å². The van der Waals surface area contributed by atoms with Crippen LogP contribution in [0.3, 0.4) is 0 Å². The van der Waals surface area contributed by atoms with Crippen molar-refractivity contribution in [2.24, 2.45) is 0 Å². The Kier molecular flexibility index (Phi) is 5.42. The molecule has 1 atom stereocenters. The number of ether oxygens (including phenoxy) is 2. The predicted octanol–water partition coefficient (Wildman–Crippen LogP) is -0.843. The zero-order valence-corrected chi connectivity index (χ0v) is 10.1. The number of hydrogen-bond acceptors (Lipinski definition) is 7. The molecular weight excluding hydrogens is 256 g/mol. The molecule has 19 heavy (non-hydrogen) atoms. The van der Waals surface area contributed by atoms with Crippen molar-refractivity contribution in [3.8, 4) is 0 Å². The van der Waals surface area contributed by atoms with Gasteiger partial charge in [0.15, 0.2) is 6.10 Å². The molecule has 0 fully saturated rings. The number of aliphatic hydroxyl groups excluding tert-OH is 1. The van der Waals surface area contributed by atoms with Gasteiger partial charge in [0.1, 0.15) is 12.9 Å². The van der Waals surface area contributed by atoms with E-state index < -0.39 is 30.6 Å². The molecule has 1 N–H and O–H groups in total. The molecule has 102 valence electrons. The average molecular weight is 268 g/mol. The van der Waals surface area contributed by atoms with Crippen LogP contribution in [-0.4, -0.2) is 52.3 Å². The molecule has 0 saturated carbocycles. The fraction of sp³-hybridized carbons (Fsp3) is 0.273. The van der Waals surface area contributed by atoms with Crippen LogP contribution >= 0.6 is 0 Å². The van der Waals surface area contributed by atoms with Crippen molar-refractivity contribution in [2.75, 3.05) is 13.7 Å². The van der Waals surface area contributed by atoms with Crippen molar-refractivity contribution >= 4 is 17.8 Å². The SMILES string of the molecule is COC(=O)/C=C/C(=O)OCC(O)C(=O)n1ccnc1. The number of imidazole rings is 1. The lowest BCUT2D eigenvalue weighted by Gasteiger charge is -2.09. The number of rotatable bonds is 5. The number of carbonyl (C=O) groups excluding carboxylic acids is 3. The van der Waals surface area contributed by atoms with Crippen molar-refractivity contribution < 1.29 is 29.0 Å². The predicted molar refractivity (Wildman–Crippen MR) is 61.0 cm³/mol. The fourth-order valence-corrected chi connectivity index (χ4v) is 1.05. The van der Waals surface area contributed by atoms with Crippen LogP contribution in [0, 0.1) is 0 Å². The van der Waals surface area contributed by atoms with E-state index in [1.54, 1.807) is 0 Å². The van der Waals surface area contributed by atoms with Crippen LogP contribution in [0.15, 0.2) is 30.9 Å². The van der Waals surface area contributed by atoms with Gasteiger partial charge in [-0.25, -0.2) is 14.6 Å². The Bertz CT molecular complexity index is 479. The van der Waals surface area contributed by atoms with Crippen LogP contribution in [-0.2, 0) is 19.1 Å². The molecule has 1 heterocycles. The third-order valence-electron chi connectivity index (χ3n) is 1.98. The minimum Gasteiger partial charge on any atom is -0.466 e. The van der Waals surface area contributed by atoms with Crippen molar-refractivity contribution in [1.82, 2.24) is 9.55 Å². The summed E-state index contributed by atoms with van der Waals surface area (Å²) >= 11 is 0. The third-order valence-corrected chi connectivity index (χ3v) is 1.98. The van der Waals surface area contributed by atoms with E-state index in [0.717, 1.165) is 23.8 Å². The maximum absolute atomic E-state index is 11.5. The largest absolute Gasteiger partial charge is 0.466 e. The molecule has 1 aromatic rings. The summed E-state index contributed by atoms with van der Waals surface area (Å²) in [6.45, 7) is -0.526. The molecule has 0 bridgehead atoms. The van der Waals surface area contributed by atoms with Crippen LogP contribution in [0.5, 0.6) is 0 Å². The molecule has 1 aromatic heterocycles. The summed E-state index contributed by atoms with van der Waals surface area (Å²) in [4.78, 5) is 37.0. The van der Waals surface area contributed by atoms with Gasteiger partial charge < -0.3 is 14.6 Å². The van der Waals surface area contributed by atoms with E-state index >= 15 is 0 Å². The van der Waals surface area contributed by atoms with Gasteiger partial charge in [-0.1, -0.05) is 0 Å². The van der Waals surface area contributed by atoms with E-state index in [9.17, 15) is 19.5 Å². The Hall–Kier alpha value is -2.48. The zero-order chi connectivity index (χ0) is 14.3. The van der Waals surface area contributed by atoms with Gasteiger partial charge >= 0.3 is 11.9 Å². The Morgan fingerprint density at radius 2 is 2.05 bits per heavy atom. The van der Waals surface area contributed by atoms with Gasteiger partial charge in [-0.3, -0.25) is 9.36 Å². The minimum absolute atomic E-state index is 0.526. The summed E-state index contributed by atoms with van der Waals surface area (Å²) < 4.78 is 9.90. The molecule has 0 spiro atoms. The Morgan fingerprint density at radius 3 is 2.63 bits per heavy atom. The first-order valence-corrected chi connectivity index (χ1v) is 5.17. The van der Waals surface area contributed by atoms with Crippen molar-refractivity contribution in [2.45, 2.75) is 6.10 Å². The van der Waals surface area contributed by atoms with E-state index in [0.29, 0.717) is 0 Å². The van der Waals surface area contributed by atoms with Gasteiger partial charge in [0.2, 0.25) is 0 Å². The van der Waals surface area contributed by atoms with Crippen molar-refractivity contribution in [1.29, 1.82) is 0 Å². The first kappa shape index (κ1) is 14.6. The highest BCUT2D eigenvalue weighted by atomic mass is 16.5. The normalized spacial score (nSPS) is 12.1. The molecule has 0 saturated heterocycles. The number of aliphatic hydroxyl groups is 1. The van der Waals surface area contributed by atoms with Crippen LogP contribution in [0.1, 0.15) is 4.79 Å². The lowest BCUT2D eigenvalue weighted by Crippen LogP contribution is -2.31. The molecule has 0 aliphatic heterocycles. The highest BCUT2D eigenvalue weighted by Crippen LogP contribution is 1.95. The number of carbonyl (C=O) groups is 3. The van der Waals surface area contributed by atoms with Crippen LogP contribution in [0.4, 0.5) is 0 Å². The van der Waals surface area contributed by atoms with E-state index in [4.69, 9.17) is 0 Å². The lowest BCUT2D eigenvalue weighted by atomic mass is 10.3. The van der Waals surface area contributed by atoms with Gasteiger partial charge in [0, 0.05) is 24.5 Å². The first-order valence-electron chi connectivity index (χ1n) is 5.17. The standard InChI is InChI=1S/C11H12N2O6/c1-18-9(15)2-3-10(16)19-6-8(14)11(17)13-5-4-12-7-13/h2-5,7-8,14H,6H2,1H3/b3-2+. The second-order valence-electron chi connectivity index (χ2n) is 3.31. The summed E-state index contributed by atoms with van der Waals surface area (Å²) in [5.41, 5.74) is 0. The Morgan fingerprint density at radius 1 is 1.37 bits per heavy atom. The van der Waals surface area contributed by atoms with Crippen molar-refractivity contribution in [3.05, 3.63) is 30.9 Å². The molecule has 0 aromatic carbocycles. The summed E-state index contributed by atoms with van der Waals surface area (Å²) in [6, 6.07) is 0. The van der Waals surface area contributed by atoms with Crippen LogP contribution in [0.25, 0.3) is 0 Å². The average Bonchev–Trinajstić information content (AvgIpc) is 2.95. The third kappa shape index (κ3) is 4.72. The number of hydrogen-bond donors (Lipinski definition) is 1. The van der Waals surface area contributed by atoms with E-state index in [-0.39, 0.29) is 0 Å². The summed E-state index contributed by atoms with van der Waals surface area (Å²) in [5, 5.41) is 9.47. The highest BCUT2D eigenvalue weighted by molar-refractivity contribution is 5.91. The number of esters is 2. The molecular formula is C11H12N2O6. The monoisotopic (exact) mass is 268 g/mol. The summed E-state index contributed by atoms with van der Waals surface area (Å²) in [5.74, 6) is -2.27. The quantitative estimate of drug-likeness (QED) is 0.547. The van der Waals surface area contributed by atoms with Crippen molar-refractivity contribution in [3.63, 3.8) is 0 Å². The molecule has 0 aliphatic carbocycles. The van der Waals surface area contributed by atoms with E-state index in [2.05, 4.69) is 14.5 Å². The first-order chi connectivity index (χ1) is 9.04. The van der Waals surface area contributed by atoms with Gasteiger partial charge in [0.25, 0.3) is 5.91 Å². The summed E-state index contributed by atoms with van der Waals surface area (Å²) in [6.07, 6.45) is 4.13. The molecule has 8 nitrogen and oxygen atoms in total. The Labute approximate surface area is 108 Å². The molecule has 1 unspecified atom stereocenters. The lowest BCUT2D eigenvalue weighted by molar-refractivity contribution is -0.141. The fourth-order valence-electron chi connectivity index (χ4n) is 1.05.